The molecule has 0 atom stereocenters. The molecule has 1 heterocycles. The summed E-state index contributed by atoms with van der Waals surface area (Å²) in [5.41, 5.74) is 0.522. The quantitative estimate of drug-likeness (QED) is 0.841. The van der Waals surface area contributed by atoms with Gasteiger partial charge in [-0.25, -0.2) is 9.78 Å². The van der Waals surface area contributed by atoms with Crippen LogP contribution in [0.5, 0.6) is 0 Å². The number of rotatable bonds is 5. The Kier molecular flexibility index (Phi) is 4.37. The summed E-state index contributed by atoms with van der Waals surface area (Å²) in [6.45, 7) is 0.256. The van der Waals surface area contributed by atoms with E-state index in [0.717, 1.165) is 10.8 Å². The highest BCUT2D eigenvalue weighted by molar-refractivity contribution is 7.97. The van der Waals surface area contributed by atoms with Gasteiger partial charge in [0.1, 0.15) is 9.88 Å². The number of methoxy groups -OCH3 is 1. The molecule has 0 aliphatic heterocycles. The number of carbonyl (C=O) groups is 1. The Bertz CT molecular complexity index is 324. The minimum atomic E-state index is -0.929. The lowest BCUT2D eigenvalue weighted by Gasteiger charge is -1.94. The first kappa shape index (κ1) is 11.5. The normalized spacial score (nSPS) is 10.4. The summed E-state index contributed by atoms with van der Waals surface area (Å²) in [5, 5.41) is 9.72. The van der Waals surface area contributed by atoms with Gasteiger partial charge in [0.05, 0.1) is 12.3 Å². The Labute approximate surface area is 90.3 Å². The van der Waals surface area contributed by atoms with Gasteiger partial charge in [0, 0.05) is 12.9 Å². The summed E-state index contributed by atoms with van der Waals surface area (Å²) in [5.74, 6) is -0.184. The molecule has 0 amide bonds. The summed E-state index contributed by atoms with van der Waals surface area (Å²) < 4.78 is 4.88. The van der Waals surface area contributed by atoms with Gasteiger partial charge in [-0.3, -0.25) is 0 Å². The first-order chi connectivity index (χ1) is 6.69. The third-order valence-corrected chi connectivity index (χ3v) is 3.32. The minimum absolute atomic E-state index is 0.256. The molecule has 0 aliphatic carbocycles. The van der Waals surface area contributed by atoms with Gasteiger partial charge in [-0.15, -0.1) is 11.3 Å². The Morgan fingerprint density at radius 2 is 2.43 bits per heavy atom. The molecule has 0 bridgehead atoms. The molecule has 0 saturated heterocycles. The highest BCUT2D eigenvalue weighted by atomic mass is 32.2. The van der Waals surface area contributed by atoms with Crippen LogP contribution < -0.4 is 0 Å². The number of thiazole rings is 1. The molecular weight excluding hydrogens is 222 g/mol. The summed E-state index contributed by atoms with van der Waals surface area (Å²) in [4.78, 5) is 15.3. The fourth-order valence-electron chi connectivity index (χ4n) is 0.988. The van der Waals surface area contributed by atoms with E-state index in [4.69, 9.17) is 9.84 Å². The molecule has 0 aliphatic rings. The van der Waals surface area contributed by atoms with Crippen LogP contribution in [0.3, 0.4) is 0 Å². The lowest BCUT2D eigenvalue weighted by molar-refractivity contribution is 0.0697. The van der Waals surface area contributed by atoms with E-state index in [-0.39, 0.29) is 11.5 Å². The molecular formula is C8H11NO3S2. The summed E-state index contributed by atoms with van der Waals surface area (Å²) >= 11 is 2.84. The van der Waals surface area contributed by atoms with E-state index in [2.05, 4.69) is 4.98 Å². The summed E-state index contributed by atoms with van der Waals surface area (Å²) in [7, 11) is 1.53. The average molecular weight is 233 g/mol. The number of carboxylic acid groups (broad SMARTS) is 1. The second-order valence-electron chi connectivity index (χ2n) is 2.55. The molecule has 14 heavy (non-hydrogen) atoms. The molecule has 0 fully saturated rings. The van der Waals surface area contributed by atoms with Crippen molar-refractivity contribution < 1.29 is 14.6 Å². The van der Waals surface area contributed by atoms with Gasteiger partial charge in [-0.05, 0) is 6.26 Å². The number of hydrogen-bond acceptors (Lipinski definition) is 5. The Morgan fingerprint density at radius 1 is 1.71 bits per heavy atom. The molecule has 0 radical (unpaired) electrons. The van der Waals surface area contributed by atoms with Gasteiger partial charge < -0.3 is 9.84 Å². The number of thioether (sulfide) groups is 1. The molecule has 1 aromatic rings. The highest BCUT2D eigenvalue weighted by Gasteiger charge is 2.16. The molecule has 4 nitrogen and oxygen atoms in total. The number of aromatic carboxylic acids is 1. The summed E-state index contributed by atoms with van der Waals surface area (Å²) in [6, 6.07) is 0. The van der Waals surface area contributed by atoms with Crippen molar-refractivity contribution in [1.29, 1.82) is 0 Å². The second kappa shape index (κ2) is 5.33. The zero-order valence-electron chi connectivity index (χ0n) is 7.94. The third-order valence-electron chi connectivity index (χ3n) is 1.48. The Morgan fingerprint density at radius 3 is 2.93 bits per heavy atom. The zero-order valence-corrected chi connectivity index (χ0v) is 9.57. The number of carboxylic acids is 1. The lowest BCUT2D eigenvalue weighted by Crippen LogP contribution is -1.99. The van der Waals surface area contributed by atoms with E-state index in [1.54, 1.807) is 11.8 Å². The second-order valence-corrected chi connectivity index (χ2v) is 4.50. The molecule has 1 N–H and O–H groups in total. The van der Waals surface area contributed by atoms with Gasteiger partial charge >= 0.3 is 5.97 Å². The predicted octanol–water partition coefficient (Wildman–Crippen LogP) is 1.85. The largest absolute Gasteiger partial charge is 0.477 e. The molecule has 0 aromatic carbocycles. The molecule has 1 aromatic heterocycles. The van der Waals surface area contributed by atoms with Crippen molar-refractivity contribution in [2.24, 2.45) is 0 Å². The molecule has 0 saturated carbocycles. The van der Waals surface area contributed by atoms with Gasteiger partial charge in [0.2, 0.25) is 0 Å². The third kappa shape index (κ3) is 2.70. The van der Waals surface area contributed by atoms with Gasteiger partial charge in [0.25, 0.3) is 0 Å². The first-order valence-corrected chi connectivity index (χ1v) is 6.09. The zero-order chi connectivity index (χ0) is 10.6. The monoisotopic (exact) mass is 233 g/mol. The maximum absolute atomic E-state index is 10.8. The van der Waals surface area contributed by atoms with Crippen molar-refractivity contribution in [2.75, 3.05) is 13.4 Å². The molecule has 0 unspecified atom stereocenters. The topological polar surface area (TPSA) is 59.4 Å². The van der Waals surface area contributed by atoms with Crippen LogP contribution in [0.4, 0.5) is 0 Å². The Hall–Kier alpha value is -0.590. The first-order valence-electron chi connectivity index (χ1n) is 3.88. The number of hydrogen-bond donors (Lipinski definition) is 1. The van der Waals surface area contributed by atoms with E-state index in [1.807, 2.05) is 6.26 Å². The number of ether oxygens (including phenoxy) is 1. The van der Waals surface area contributed by atoms with Crippen LogP contribution >= 0.6 is 23.1 Å². The Balaban J connectivity index is 2.93. The van der Waals surface area contributed by atoms with Crippen molar-refractivity contribution in [3.05, 3.63) is 15.6 Å². The lowest BCUT2D eigenvalue weighted by atomic mass is 10.4. The summed E-state index contributed by atoms with van der Waals surface area (Å²) in [6.07, 6.45) is 1.96. The van der Waals surface area contributed by atoms with E-state index in [0.29, 0.717) is 5.69 Å². The van der Waals surface area contributed by atoms with Crippen LogP contribution in [0, 0.1) is 0 Å². The fraction of sp³-hybridized carbons (Fsp3) is 0.500. The van der Waals surface area contributed by atoms with Crippen LogP contribution in [0.2, 0.25) is 0 Å². The van der Waals surface area contributed by atoms with Crippen LogP contribution in [0.1, 0.15) is 20.4 Å². The van der Waals surface area contributed by atoms with Gasteiger partial charge in [0.15, 0.2) is 0 Å². The van der Waals surface area contributed by atoms with Crippen LogP contribution in [0.25, 0.3) is 0 Å². The fourth-order valence-corrected chi connectivity index (χ4v) is 2.59. The number of aromatic nitrogens is 1. The molecule has 6 heteroatoms. The number of nitrogens with zero attached hydrogens (tertiary/aromatic N) is 1. The van der Waals surface area contributed by atoms with Crippen LogP contribution in [-0.2, 0) is 17.1 Å². The SMILES string of the molecule is COCc1nc(CSC)sc1C(=O)O. The predicted molar refractivity (Wildman–Crippen MR) is 57.0 cm³/mol. The van der Waals surface area contributed by atoms with Crippen molar-refractivity contribution in [3.63, 3.8) is 0 Å². The maximum Gasteiger partial charge on any atom is 0.347 e. The van der Waals surface area contributed by atoms with Crippen LogP contribution in [-0.4, -0.2) is 29.4 Å². The highest BCUT2D eigenvalue weighted by Crippen LogP contribution is 2.22. The smallest absolute Gasteiger partial charge is 0.347 e. The van der Waals surface area contributed by atoms with E-state index in [9.17, 15) is 4.79 Å². The molecule has 1 rings (SSSR count). The average Bonchev–Trinajstić information content (AvgIpc) is 2.49. The minimum Gasteiger partial charge on any atom is -0.477 e. The van der Waals surface area contributed by atoms with Crippen molar-refractivity contribution in [3.8, 4) is 0 Å². The molecule has 78 valence electrons. The van der Waals surface area contributed by atoms with Crippen molar-refractivity contribution >= 4 is 29.1 Å². The molecule has 0 spiro atoms. The van der Waals surface area contributed by atoms with E-state index in [1.165, 1.54) is 18.4 Å². The van der Waals surface area contributed by atoms with Crippen LogP contribution in [0.15, 0.2) is 0 Å². The van der Waals surface area contributed by atoms with E-state index >= 15 is 0 Å². The maximum atomic E-state index is 10.8. The van der Waals surface area contributed by atoms with Crippen molar-refractivity contribution in [1.82, 2.24) is 4.98 Å². The van der Waals surface area contributed by atoms with Gasteiger partial charge in [-0.2, -0.15) is 11.8 Å². The van der Waals surface area contributed by atoms with Gasteiger partial charge in [-0.1, -0.05) is 0 Å². The van der Waals surface area contributed by atoms with E-state index < -0.39 is 5.97 Å². The van der Waals surface area contributed by atoms with Crippen molar-refractivity contribution in [2.45, 2.75) is 12.4 Å². The standard InChI is InChI=1S/C8H11NO3S2/c1-12-3-5-7(8(10)11)14-6(9-5)4-13-2/h3-4H2,1-2H3,(H,10,11).